The predicted molar refractivity (Wildman–Crippen MR) is 111 cm³/mol. The molecule has 30 heavy (non-hydrogen) atoms. The number of H-pyrrole nitrogens is 2. The van der Waals surface area contributed by atoms with Gasteiger partial charge in [-0.2, -0.15) is 9.49 Å². The molecular formula is C20H11FN8S. The van der Waals surface area contributed by atoms with Crippen molar-refractivity contribution in [1.82, 2.24) is 40.1 Å². The van der Waals surface area contributed by atoms with E-state index in [9.17, 15) is 4.39 Å². The normalized spacial score (nSPS) is 11.5. The SMILES string of the molecule is Fc1ccc(-c2cncc3[nH]c(-c4n[nH]c5cnc(-c6cnccn6)cc45)nc23)s1. The van der Waals surface area contributed by atoms with Gasteiger partial charge in [0.05, 0.1) is 35.3 Å². The Labute approximate surface area is 171 Å². The third-order valence-electron chi connectivity index (χ3n) is 4.73. The summed E-state index contributed by atoms with van der Waals surface area (Å²) in [5.74, 6) is 0.582. The topological polar surface area (TPSA) is 109 Å². The quantitative estimate of drug-likeness (QED) is 0.449. The molecule has 0 saturated carbocycles. The van der Waals surface area contributed by atoms with Gasteiger partial charge >= 0.3 is 0 Å². The van der Waals surface area contributed by atoms with Gasteiger partial charge < -0.3 is 4.98 Å². The fourth-order valence-electron chi connectivity index (χ4n) is 3.35. The number of imidazole rings is 1. The molecule has 6 rings (SSSR count). The van der Waals surface area contributed by atoms with E-state index in [4.69, 9.17) is 4.98 Å². The molecule has 0 aromatic carbocycles. The van der Waals surface area contributed by atoms with Crippen molar-refractivity contribution in [3.8, 4) is 33.3 Å². The van der Waals surface area contributed by atoms with Gasteiger partial charge in [0.15, 0.2) is 11.0 Å². The van der Waals surface area contributed by atoms with Gasteiger partial charge in [-0.05, 0) is 18.2 Å². The summed E-state index contributed by atoms with van der Waals surface area (Å²) in [6.07, 6.45) is 9.99. The highest BCUT2D eigenvalue weighted by Gasteiger charge is 2.17. The number of thiophene rings is 1. The molecule has 0 radical (unpaired) electrons. The molecule has 0 spiro atoms. The van der Waals surface area contributed by atoms with Crippen LogP contribution in [0.2, 0.25) is 0 Å². The summed E-state index contributed by atoms with van der Waals surface area (Å²) < 4.78 is 13.5. The van der Waals surface area contributed by atoms with E-state index in [-0.39, 0.29) is 5.13 Å². The molecule has 6 heterocycles. The Morgan fingerprint density at radius 3 is 2.70 bits per heavy atom. The fraction of sp³-hybridized carbons (Fsp3) is 0. The van der Waals surface area contributed by atoms with Crippen LogP contribution in [0.1, 0.15) is 0 Å². The summed E-state index contributed by atoms with van der Waals surface area (Å²) >= 11 is 1.06. The Hall–Kier alpha value is -4.05. The largest absolute Gasteiger partial charge is 0.335 e. The first-order valence-corrected chi connectivity index (χ1v) is 9.78. The average molecular weight is 414 g/mol. The van der Waals surface area contributed by atoms with Crippen molar-refractivity contribution in [1.29, 1.82) is 0 Å². The van der Waals surface area contributed by atoms with Crippen LogP contribution in [0.15, 0.2) is 55.4 Å². The third-order valence-corrected chi connectivity index (χ3v) is 5.64. The zero-order chi connectivity index (χ0) is 20.1. The lowest BCUT2D eigenvalue weighted by Crippen LogP contribution is -1.88. The highest BCUT2D eigenvalue weighted by atomic mass is 32.1. The first-order chi connectivity index (χ1) is 14.8. The van der Waals surface area contributed by atoms with Crippen LogP contribution >= 0.6 is 11.3 Å². The smallest absolute Gasteiger partial charge is 0.176 e. The molecule has 0 aliphatic carbocycles. The van der Waals surface area contributed by atoms with E-state index < -0.39 is 0 Å². The van der Waals surface area contributed by atoms with Gasteiger partial charge in [0, 0.05) is 34.4 Å². The molecule has 0 unspecified atom stereocenters. The van der Waals surface area contributed by atoms with Crippen molar-refractivity contribution >= 4 is 33.3 Å². The maximum absolute atomic E-state index is 13.5. The number of fused-ring (bicyclic) bond motifs is 2. The number of halogens is 1. The van der Waals surface area contributed by atoms with Gasteiger partial charge in [0.1, 0.15) is 16.9 Å². The van der Waals surface area contributed by atoms with E-state index in [2.05, 4.69) is 35.1 Å². The number of pyridine rings is 2. The van der Waals surface area contributed by atoms with Crippen LogP contribution in [0.25, 0.3) is 55.3 Å². The van der Waals surface area contributed by atoms with Gasteiger partial charge in [-0.15, -0.1) is 11.3 Å². The summed E-state index contributed by atoms with van der Waals surface area (Å²) in [6, 6.07) is 5.07. The second kappa shape index (κ2) is 6.49. The number of nitrogens with one attached hydrogen (secondary N) is 2. The molecule has 0 aliphatic rings. The third kappa shape index (κ3) is 2.65. The van der Waals surface area contributed by atoms with E-state index in [1.54, 1.807) is 43.2 Å². The average Bonchev–Trinajstić information content (AvgIpc) is 3.51. The number of aromatic amines is 2. The highest BCUT2D eigenvalue weighted by molar-refractivity contribution is 7.14. The van der Waals surface area contributed by atoms with Gasteiger partial charge in [0.25, 0.3) is 0 Å². The van der Waals surface area contributed by atoms with Gasteiger partial charge in [-0.1, -0.05) is 0 Å². The van der Waals surface area contributed by atoms with Gasteiger partial charge in [-0.3, -0.25) is 25.0 Å². The Bertz CT molecular complexity index is 1520. The first-order valence-electron chi connectivity index (χ1n) is 8.96. The fourth-order valence-corrected chi connectivity index (χ4v) is 4.09. The lowest BCUT2D eigenvalue weighted by molar-refractivity contribution is 0.657. The molecule has 0 aliphatic heterocycles. The Morgan fingerprint density at radius 2 is 1.87 bits per heavy atom. The maximum Gasteiger partial charge on any atom is 0.176 e. The van der Waals surface area contributed by atoms with Crippen molar-refractivity contribution in [2.45, 2.75) is 0 Å². The summed E-state index contributed by atoms with van der Waals surface area (Å²) in [7, 11) is 0. The van der Waals surface area contributed by atoms with Crippen molar-refractivity contribution < 1.29 is 4.39 Å². The molecule has 6 aromatic rings. The summed E-state index contributed by atoms with van der Waals surface area (Å²) in [5.41, 5.74) is 5.00. The first kappa shape index (κ1) is 16.9. The van der Waals surface area contributed by atoms with E-state index in [1.807, 2.05) is 6.07 Å². The summed E-state index contributed by atoms with van der Waals surface area (Å²) in [4.78, 5) is 25.9. The van der Waals surface area contributed by atoms with Crippen molar-refractivity contribution in [3.63, 3.8) is 0 Å². The molecule has 0 atom stereocenters. The van der Waals surface area contributed by atoms with Gasteiger partial charge in [-0.25, -0.2) is 4.98 Å². The van der Waals surface area contributed by atoms with Crippen LogP contribution in [0, 0.1) is 5.13 Å². The lowest BCUT2D eigenvalue weighted by Gasteiger charge is -1.99. The molecule has 2 N–H and O–H groups in total. The molecule has 10 heteroatoms. The molecule has 0 bridgehead atoms. The van der Waals surface area contributed by atoms with Crippen LogP contribution in [-0.2, 0) is 0 Å². The van der Waals surface area contributed by atoms with Crippen LogP contribution < -0.4 is 0 Å². The van der Waals surface area contributed by atoms with E-state index in [0.29, 0.717) is 28.4 Å². The summed E-state index contributed by atoms with van der Waals surface area (Å²) in [6.45, 7) is 0. The Balaban J connectivity index is 1.52. The predicted octanol–water partition coefficient (Wildman–Crippen LogP) is 4.22. The molecule has 0 fully saturated rings. The minimum absolute atomic E-state index is 0.250. The van der Waals surface area contributed by atoms with E-state index in [1.165, 1.54) is 6.07 Å². The van der Waals surface area contributed by atoms with Crippen LogP contribution in [0.5, 0.6) is 0 Å². The lowest BCUT2D eigenvalue weighted by atomic mass is 10.2. The molecular weight excluding hydrogens is 403 g/mol. The zero-order valence-corrected chi connectivity index (χ0v) is 16.0. The standard InChI is InChI=1S/C20H11FN8S/c21-17-2-1-16(30-17)11-6-23-8-15-18(11)27-20(26-15)19-10-5-12(14-7-22-3-4-24-14)25-9-13(10)28-29-19/h1-9H,(H,26,27)(H,28,29). The Kier molecular flexibility index (Phi) is 3.65. The molecule has 0 saturated heterocycles. The second-order valence-electron chi connectivity index (χ2n) is 6.55. The zero-order valence-electron chi connectivity index (χ0n) is 15.2. The van der Waals surface area contributed by atoms with Crippen molar-refractivity contribution in [2.75, 3.05) is 0 Å². The van der Waals surface area contributed by atoms with Gasteiger partial charge in [0.2, 0.25) is 0 Å². The van der Waals surface area contributed by atoms with Crippen LogP contribution in [-0.4, -0.2) is 40.1 Å². The monoisotopic (exact) mass is 414 g/mol. The number of nitrogens with zero attached hydrogens (tertiary/aromatic N) is 6. The van der Waals surface area contributed by atoms with Crippen molar-refractivity contribution in [2.24, 2.45) is 0 Å². The number of rotatable bonds is 3. The highest BCUT2D eigenvalue weighted by Crippen LogP contribution is 2.34. The van der Waals surface area contributed by atoms with Crippen LogP contribution in [0.3, 0.4) is 0 Å². The maximum atomic E-state index is 13.5. The molecule has 0 amide bonds. The number of aromatic nitrogens is 8. The molecule has 144 valence electrons. The number of hydrogen-bond acceptors (Lipinski definition) is 7. The van der Waals surface area contributed by atoms with Crippen molar-refractivity contribution in [3.05, 3.63) is 60.5 Å². The van der Waals surface area contributed by atoms with E-state index in [0.717, 1.165) is 38.2 Å². The Morgan fingerprint density at radius 1 is 0.900 bits per heavy atom. The van der Waals surface area contributed by atoms with Crippen LogP contribution in [0.4, 0.5) is 4.39 Å². The molecule has 8 nitrogen and oxygen atoms in total. The minimum Gasteiger partial charge on any atom is -0.335 e. The summed E-state index contributed by atoms with van der Waals surface area (Å²) in [5, 5.41) is 8.02. The van der Waals surface area contributed by atoms with E-state index >= 15 is 0 Å². The second-order valence-corrected chi connectivity index (χ2v) is 7.58. The minimum atomic E-state index is -0.250. The number of hydrogen-bond donors (Lipinski definition) is 2. The molecule has 6 aromatic heterocycles.